The summed E-state index contributed by atoms with van der Waals surface area (Å²) in [5.41, 5.74) is 0. The lowest BCUT2D eigenvalue weighted by molar-refractivity contribution is -0.143. The molecule has 0 bridgehead atoms. The molecule has 0 spiro atoms. The predicted octanol–water partition coefficient (Wildman–Crippen LogP) is 0.793. The summed E-state index contributed by atoms with van der Waals surface area (Å²) in [4.78, 5) is 13.7. The van der Waals surface area contributed by atoms with Crippen LogP contribution < -0.4 is 0 Å². The van der Waals surface area contributed by atoms with Crippen molar-refractivity contribution in [3.05, 3.63) is 12.2 Å². The molecule has 2 aliphatic rings. The number of rotatable bonds is 2. The number of carbonyl (C=O) groups excluding carboxylic acids is 1. The van der Waals surface area contributed by atoms with Crippen LogP contribution in [0.5, 0.6) is 0 Å². The SMILES string of the molecule is O=C(C1CC=CCC1)N1CC(CO)C1. The van der Waals surface area contributed by atoms with Gasteiger partial charge in [0, 0.05) is 31.5 Å². The average molecular weight is 195 g/mol. The minimum absolute atomic E-state index is 0.208. The molecule has 78 valence electrons. The molecule has 1 aliphatic carbocycles. The van der Waals surface area contributed by atoms with Crippen molar-refractivity contribution in [2.75, 3.05) is 19.7 Å². The van der Waals surface area contributed by atoms with Gasteiger partial charge in [-0.15, -0.1) is 0 Å². The first-order valence-electron chi connectivity index (χ1n) is 5.36. The molecule has 1 amide bonds. The van der Waals surface area contributed by atoms with Crippen LogP contribution in [0.2, 0.25) is 0 Å². The first-order chi connectivity index (χ1) is 6.81. The van der Waals surface area contributed by atoms with Gasteiger partial charge < -0.3 is 10.0 Å². The van der Waals surface area contributed by atoms with E-state index in [1.54, 1.807) is 0 Å². The molecular weight excluding hydrogens is 178 g/mol. The smallest absolute Gasteiger partial charge is 0.226 e. The second-order valence-electron chi connectivity index (χ2n) is 4.27. The van der Waals surface area contributed by atoms with Crippen LogP contribution in [-0.4, -0.2) is 35.6 Å². The molecule has 1 heterocycles. The van der Waals surface area contributed by atoms with Gasteiger partial charge in [-0.05, 0) is 19.3 Å². The number of allylic oxidation sites excluding steroid dienone is 2. The number of nitrogens with zero attached hydrogens (tertiary/aromatic N) is 1. The highest BCUT2D eigenvalue weighted by molar-refractivity contribution is 5.80. The van der Waals surface area contributed by atoms with Crippen molar-refractivity contribution < 1.29 is 9.90 Å². The lowest BCUT2D eigenvalue weighted by Gasteiger charge is -2.40. The van der Waals surface area contributed by atoms with Gasteiger partial charge in [-0.25, -0.2) is 0 Å². The normalized spacial score (nSPS) is 27.5. The molecule has 1 atom stereocenters. The highest BCUT2D eigenvalue weighted by Gasteiger charge is 2.33. The fourth-order valence-corrected chi connectivity index (χ4v) is 2.14. The van der Waals surface area contributed by atoms with Crippen LogP contribution in [-0.2, 0) is 4.79 Å². The third-order valence-corrected chi connectivity index (χ3v) is 3.15. The number of carbonyl (C=O) groups is 1. The van der Waals surface area contributed by atoms with Crippen LogP contribution in [0.4, 0.5) is 0 Å². The van der Waals surface area contributed by atoms with Gasteiger partial charge in [-0.1, -0.05) is 12.2 Å². The van der Waals surface area contributed by atoms with Gasteiger partial charge in [0.15, 0.2) is 0 Å². The Morgan fingerprint density at radius 1 is 1.43 bits per heavy atom. The van der Waals surface area contributed by atoms with E-state index in [-0.39, 0.29) is 12.5 Å². The quantitative estimate of drug-likeness (QED) is 0.662. The predicted molar refractivity (Wildman–Crippen MR) is 53.6 cm³/mol. The maximum atomic E-state index is 11.9. The Morgan fingerprint density at radius 3 is 2.79 bits per heavy atom. The van der Waals surface area contributed by atoms with Gasteiger partial charge in [-0.3, -0.25) is 4.79 Å². The molecule has 0 saturated carbocycles. The molecule has 0 aromatic heterocycles. The Kier molecular flexibility index (Phi) is 2.87. The van der Waals surface area contributed by atoms with Crippen molar-refractivity contribution >= 4 is 5.91 Å². The lowest BCUT2D eigenvalue weighted by atomic mass is 9.90. The van der Waals surface area contributed by atoms with E-state index in [1.165, 1.54) is 0 Å². The number of hydrogen-bond donors (Lipinski definition) is 1. The summed E-state index contributed by atoms with van der Waals surface area (Å²) in [6.07, 6.45) is 7.19. The summed E-state index contributed by atoms with van der Waals surface area (Å²) >= 11 is 0. The third kappa shape index (κ3) is 1.82. The first kappa shape index (κ1) is 9.71. The number of aliphatic hydroxyl groups is 1. The molecule has 1 N–H and O–H groups in total. The van der Waals surface area contributed by atoms with E-state index in [4.69, 9.17) is 5.11 Å². The van der Waals surface area contributed by atoms with Crippen molar-refractivity contribution in [2.24, 2.45) is 11.8 Å². The van der Waals surface area contributed by atoms with Gasteiger partial charge >= 0.3 is 0 Å². The Hall–Kier alpha value is -0.830. The molecule has 2 rings (SSSR count). The van der Waals surface area contributed by atoms with Gasteiger partial charge in [0.05, 0.1) is 0 Å². The second-order valence-corrected chi connectivity index (χ2v) is 4.27. The number of amides is 1. The Morgan fingerprint density at radius 2 is 2.21 bits per heavy atom. The molecule has 0 aromatic rings. The van der Waals surface area contributed by atoms with Crippen LogP contribution in [0.15, 0.2) is 12.2 Å². The maximum Gasteiger partial charge on any atom is 0.226 e. The Bertz CT molecular complexity index is 244. The van der Waals surface area contributed by atoms with Crippen LogP contribution in [0.1, 0.15) is 19.3 Å². The number of hydrogen-bond acceptors (Lipinski definition) is 2. The van der Waals surface area contributed by atoms with Crippen molar-refractivity contribution in [2.45, 2.75) is 19.3 Å². The molecule has 14 heavy (non-hydrogen) atoms. The summed E-state index contributed by atoms with van der Waals surface area (Å²) < 4.78 is 0. The van der Waals surface area contributed by atoms with Crippen LogP contribution in [0.25, 0.3) is 0 Å². The summed E-state index contributed by atoms with van der Waals surface area (Å²) in [6.45, 7) is 1.74. The zero-order valence-electron chi connectivity index (χ0n) is 8.35. The zero-order valence-corrected chi connectivity index (χ0v) is 8.35. The molecule has 0 radical (unpaired) electrons. The monoisotopic (exact) mass is 195 g/mol. The minimum atomic E-state index is 0.208. The first-order valence-corrected chi connectivity index (χ1v) is 5.36. The molecular formula is C11H17NO2. The molecule has 1 fully saturated rings. The molecule has 1 unspecified atom stereocenters. The summed E-state index contributed by atoms with van der Waals surface area (Å²) in [6, 6.07) is 0. The summed E-state index contributed by atoms with van der Waals surface area (Å²) in [5.74, 6) is 0.830. The highest BCUT2D eigenvalue weighted by atomic mass is 16.3. The van der Waals surface area contributed by atoms with Gasteiger partial charge in [0.25, 0.3) is 0 Å². The van der Waals surface area contributed by atoms with Gasteiger partial charge in [0.1, 0.15) is 0 Å². The molecule has 1 saturated heterocycles. The van der Waals surface area contributed by atoms with E-state index in [9.17, 15) is 4.79 Å². The van der Waals surface area contributed by atoms with Crippen LogP contribution in [0, 0.1) is 11.8 Å². The number of aliphatic hydroxyl groups excluding tert-OH is 1. The topological polar surface area (TPSA) is 40.5 Å². The van der Waals surface area contributed by atoms with Crippen molar-refractivity contribution in [1.29, 1.82) is 0 Å². The molecule has 3 heteroatoms. The standard InChI is InChI=1S/C11H17NO2/c13-8-9-6-12(7-9)11(14)10-4-2-1-3-5-10/h1-2,9-10,13H,3-8H2. The fourth-order valence-electron chi connectivity index (χ4n) is 2.14. The van der Waals surface area contributed by atoms with Crippen molar-refractivity contribution in [3.8, 4) is 0 Å². The van der Waals surface area contributed by atoms with E-state index in [0.29, 0.717) is 11.8 Å². The average Bonchev–Trinajstić information content (AvgIpc) is 2.17. The Balaban J connectivity index is 1.81. The maximum absolute atomic E-state index is 11.9. The van der Waals surface area contributed by atoms with E-state index in [1.807, 2.05) is 4.90 Å². The largest absolute Gasteiger partial charge is 0.396 e. The molecule has 1 aliphatic heterocycles. The molecule has 3 nitrogen and oxygen atoms in total. The fraction of sp³-hybridized carbons (Fsp3) is 0.727. The summed E-state index contributed by atoms with van der Waals surface area (Å²) in [7, 11) is 0. The van der Waals surface area contributed by atoms with Gasteiger partial charge in [0.2, 0.25) is 5.91 Å². The number of likely N-dealkylation sites (tertiary alicyclic amines) is 1. The van der Waals surface area contributed by atoms with E-state index in [2.05, 4.69) is 12.2 Å². The lowest BCUT2D eigenvalue weighted by Crippen LogP contribution is -2.53. The highest BCUT2D eigenvalue weighted by Crippen LogP contribution is 2.24. The molecule has 0 aromatic carbocycles. The summed E-state index contributed by atoms with van der Waals surface area (Å²) in [5, 5.41) is 8.85. The second kappa shape index (κ2) is 4.13. The van der Waals surface area contributed by atoms with Crippen molar-refractivity contribution in [1.82, 2.24) is 4.90 Å². The van der Waals surface area contributed by atoms with E-state index >= 15 is 0 Å². The Labute approximate surface area is 84.4 Å². The van der Waals surface area contributed by atoms with Crippen molar-refractivity contribution in [3.63, 3.8) is 0 Å². The van der Waals surface area contributed by atoms with Crippen LogP contribution in [0.3, 0.4) is 0 Å². The van der Waals surface area contributed by atoms with Crippen LogP contribution >= 0.6 is 0 Å². The van der Waals surface area contributed by atoms with E-state index in [0.717, 1.165) is 32.4 Å². The zero-order chi connectivity index (χ0) is 9.97. The minimum Gasteiger partial charge on any atom is -0.396 e. The third-order valence-electron chi connectivity index (χ3n) is 3.15. The van der Waals surface area contributed by atoms with E-state index < -0.39 is 0 Å². The van der Waals surface area contributed by atoms with Gasteiger partial charge in [-0.2, -0.15) is 0 Å².